The van der Waals surface area contributed by atoms with Gasteiger partial charge in [-0.25, -0.2) is 9.38 Å². The van der Waals surface area contributed by atoms with Crippen molar-refractivity contribution in [3.63, 3.8) is 0 Å². The number of hydrazine groups is 1. The summed E-state index contributed by atoms with van der Waals surface area (Å²) in [6, 6.07) is 4.21. The Morgan fingerprint density at radius 1 is 1.30 bits per heavy atom. The summed E-state index contributed by atoms with van der Waals surface area (Å²) in [5, 5.41) is 12.1. The predicted molar refractivity (Wildman–Crippen MR) is 90.6 cm³/mol. The second-order valence-corrected chi connectivity index (χ2v) is 6.90. The van der Waals surface area contributed by atoms with E-state index in [0.29, 0.717) is 35.6 Å². The van der Waals surface area contributed by atoms with Gasteiger partial charge in [-0.15, -0.1) is 0 Å². The van der Waals surface area contributed by atoms with E-state index in [1.54, 1.807) is 19.1 Å². The lowest BCUT2D eigenvalue weighted by atomic mass is 10.0. The molecule has 0 amide bonds. The Morgan fingerprint density at radius 3 is 2.67 bits per heavy atom. The van der Waals surface area contributed by atoms with Crippen LogP contribution in [0.4, 0.5) is 17.6 Å². The molecule has 140 valence electrons. The third-order valence-corrected chi connectivity index (χ3v) is 4.95. The van der Waals surface area contributed by atoms with Crippen LogP contribution < -0.4 is 0 Å². The Labute approximate surface area is 153 Å². The molecule has 0 radical (unpaired) electrons. The van der Waals surface area contributed by atoms with E-state index in [0.717, 1.165) is 6.07 Å². The highest BCUT2D eigenvalue weighted by Crippen LogP contribution is 2.46. The molecule has 1 aromatic rings. The van der Waals surface area contributed by atoms with Gasteiger partial charge in [-0.05, 0) is 56.0 Å². The molecule has 4 nitrogen and oxygen atoms in total. The molecule has 1 unspecified atom stereocenters. The minimum atomic E-state index is -4.32. The molecule has 0 bridgehead atoms. The van der Waals surface area contributed by atoms with Gasteiger partial charge in [-0.2, -0.15) is 23.4 Å². The number of aliphatic imine (C=N–C) groups is 1. The molecule has 1 fully saturated rings. The van der Waals surface area contributed by atoms with Crippen molar-refractivity contribution in [1.82, 2.24) is 10.0 Å². The molecule has 0 N–H and O–H groups in total. The molecule has 2 aliphatic heterocycles. The van der Waals surface area contributed by atoms with E-state index in [4.69, 9.17) is 0 Å². The van der Waals surface area contributed by atoms with Crippen molar-refractivity contribution in [2.45, 2.75) is 32.0 Å². The number of nitrogens with zero attached hydrogens (tertiary/aromatic N) is 4. The number of nitriles is 1. The first kappa shape index (κ1) is 17.7. The molecule has 0 aromatic heterocycles. The van der Waals surface area contributed by atoms with Crippen molar-refractivity contribution in [2.75, 3.05) is 6.54 Å². The number of halogens is 4. The van der Waals surface area contributed by atoms with Crippen molar-refractivity contribution in [2.24, 2.45) is 10.9 Å². The molecule has 0 saturated heterocycles. The number of fused-ring (bicyclic) bond motifs is 1. The standard InChI is InChI=1S/C19H16F4N4/c1-11-8-16(15-5-4-14(20)9-13(15)10-24)25-17-6-7-26(27(11)17)18(12-2-3-12)19(21,22)23/h4-6,8-9,12,18H,2-3,7H2,1H3. The van der Waals surface area contributed by atoms with Crippen molar-refractivity contribution >= 4 is 5.71 Å². The first-order chi connectivity index (χ1) is 12.8. The average Bonchev–Trinajstić information content (AvgIpc) is 3.33. The molecular weight excluding hydrogens is 360 g/mol. The largest absolute Gasteiger partial charge is 0.406 e. The lowest BCUT2D eigenvalue weighted by Gasteiger charge is -2.39. The maximum absolute atomic E-state index is 13.6. The Bertz CT molecular complexity index is 919. The molecule has 27 heavy (non-hydrogen) atoms. The molecule has 3 aliphatic rings. The Balaban J connectivity index is 1.68. The number of rotatable bonds is 3. The van der Waals surface area contributed by atoms with Crippen LogP contribution in [0.25, 0.3) is 0 Å². The summed E-state index contributed by atoms with van der Waals surface area (Å²) in [5.41, 5.74) is 1.59. The molecule has 1 atom stereocenters. The topological polar surface area (TPSA) is 42.6 Å². The second kappa shape index (κ2) is 6.20. The third kappa shape index (κ3) is 3.12. The van der Waals surface area contributed by atoms with Crippen LogP contribution in [0.3, 0.4) is 0 Å². The summed E-state index contributed by atoms with van der Waals surface area (Å²) in [6.07, 6.45) is 0.0986. The third-order valence-electron chi connectivity index (χ3n) is 4.95. The Hall–Kier alpha value is -2.66. The summed E-state index contributed by atoms with van der Waals surface area (Å²) in [5.74, 6) is -0.524. The van der Waals surface area contributed by atoms with Gasteiger partial charge in [-0.1, -0.05) is 0 Å². The molecule has 0 spiro atoms. The van der Waals surface area contributed by atoms with Crippen molar-refractivity contribution < 1.29 is 17.6 Å². The zero-order chi connectivity index (χ0) is 19.3. The summed E-state index contributed by atoms with van der Waals surface area (Å²) >= 11 is 0. The predicted octanol–water partition coefficient (Wildman–Crippen LogP) is 4.12. The smallest absolute Gasteiger partial charge is 0.261 e. The summed E-state index contributed by atoms with van der Waals surface area (Å²) < 4.78 is 54.2. The molecule has 1 saturated carbocycles. The van der Waals surface area contributed by atoms with E-state index in [9.17, 15) is 22.8 Å². The number of allylic oxidation sites excluding steroid dienone is 2. The van der Waals surface area contributed by atoms with Gasteiger partial charge in [0.25, 0.3) is 0 Å². The van der Waals surface area contributed by atoms with E-state index in [-0.39, 0.29) is 12.1 Å². The number of benzene rings is 1. The van der Waals surface area contributed by atoms with Crippen LogP contribution in [0.15, 0.2) is 46.9 Å². The van der Waals surface area contributed by atoms with Crippen LogP contribution >= 0.6 is 0 Å². The van der Waals surface area contributed by atoms with Gasteiger partial charge in [0.05, 0.1) is 17.3 Å². The number of hydrogen-bond acceptors (Lipinski definition) is 4. The number of hydrogen-bond donors (Lipinski definition) is 0. The van der Waals surface area contributed by atoms with E-state index in [1.807, 2.05) is 6.07 Å². The first-order valence-electron chi connectivity index (χ1n) is 8.60. The highest BCUT2D eigenvalue weighted by Gasteiger charge is 2.54. The maximum Gasteiger partial charge on any atom is 0.406 e. The zero-order valence-corrected chi connectivity index (χ0v) is 14.5. The molecular formula is C19H16F4N4. The van der Waals surface area contributed by atoms with Gasteiger partial charge >= 0.3 is 6.18 Å². The molecule has 1 aliphatic carbocycles. The first-order valence-corrected chi connectivity index (χ1v) is 8.60. The minimum Gasteiger partial charge on any atom is -0.261 e. The van der Waals surface area contributed by atoms with E-state index < -0.39 is 24.0 Å². The van der Waals surface area contributed by atoms with E-state index in [1.165, 1.54) is 22.2 Å². The lowest BCUT2D eigenvalue weighted by Crippen LogP contribution is -2.52. The average molecular weight is 376 g/mol. The second-order valence-electron chi connectivity index (χ2n) is 6.90. The fraction of sp³-hybridized carbons (Fsp3) is 0.368. The molecule has 2 heterocycles. The van der Waals surface area contributed by atoms with Gasteiger partial charge in [-0.3, -0.25) is 5.01 Å². The number of alkyl halides is 3. The van der Waals surface area contributed by atoms with Crippen molar-refractivity contribution in [3.05, 3.63) is 58.8 Å². The SMILES string of the molecule is CC1=CC(c2ccc(F)cc2C#N)=NC2=CCN(C(C3CC3)C(F)(F)F)N12. The fourth-order valence-electron chi connectivity index (χ4n) is 3.67. The Kier molecular flexibility index (Phi) is 4.07. The molecule has 4 rings (SSSR count). The Morgan fingerprint density at radius 2 is 2.04 bits per heavy atom. The summed E-state index contributed by atoms with van der Waals surface area (Å²) in [7, 11) is 0. The van der Waals surface area contributed by atoms with Crippen molar-refractivity contribution in [3.8, 4) is 6.07 Å². The van der Waals surface area contributed by atoms with Gasteiger partial charge in [0.2, 0.25) is 0 Å². The van der Waals surface area contributed by atoms with Gasteiger partial charge in [0.15, 0.2) is 0 Å². The van der Waals surface area contributed by atoms with Gasteiger partial charge in [0.1, 0.15) is 17.7 Å². The van der Waals surface area contributed by atoms with E-state index in [2.05, 4.69) is 4.99 Å². The van der Waals surface area contributed by atoms with Gasteiger partial charge in [0, 0.05) is 17.8 Å². The van der Waals surface area contributed by atoms with E-state index >= 15 is 0 Å². The van der Waals surface area contributed by atoms with Crippen LogP contribution in [-0.4, -0.2) is 34.5 Å². The monoisotopic (exact) mass is 376 g/mol. The normalized spacial score (nSPS) is 21.2. The van der Waals surface area contributed by atoms with Gasteiger partial charge < -0.3 is 0 Å². The van der Waals surface area contributed by atoms with Crippen LogP contribution in [0.5, 0.6) is 0 Å². The highest BCUT2D eigenvalue weighted by molar-refractivity contribution is 6.11. The van der Waals surface area contributed by atoms with Crippen LogP contribution in [-0.2, 0) is 0 Å². The summed E-state index contributed by atoms with van der Waals surface area (Å²) in [4.78, 5) is 4.44. The summed E-state index contributed by atoms with van der Waals surface area (Å²) in [6.45, 7) is 1.82. The molecule has 8 heteroatoms. The fourth-order valence-corrected chi connectivity index (χ4v) is 3.67. The minimum absolute atomic E-state index is 0.118. The van der Waals surface area contributed by atoms with Crippen molar-refractivity contribution in [1.29, 1.82) is 5.26 Å². The quantitative estimate of drug-likeness (QED) is 0.746. The molecule has 1 aromatic carbocycles. The maximum atomic E-state index is 13.6. The van der Waals surface area contributed by atoms with Crippen LogP contribution in [0.1, 0.15) is 30.9 Å². The van der Waals surface area contributed by atoms with Crippen LogP contribution in [0, 0.1) is 23.1 Å². The van der Waals surface area contributed by atoms with Crippen LogP contribution in [0.2, 0.25) is 0 Å². The zero-order valence-electron chi connectivity index (χ0n) is 14.5. The highest BCUT2D eigenvalue weighted by atomic mass is 19.4. The lowest BCUT2D eigenvalue weighted by molar-refractivity contribution is -0.212.